The molecule has 2 N–H and O–H groups in total. The quantitative estimate of drug-likeness (QED) is 0.299. The number of amides is 1. The molecule has 3 aromatic rings. The second kappa shape index (κ2) is 9.40. The number of hydrogen-bond acceptors (Lipinski definition) is 3. The summed E-state index contributed by atoms with van der Waals surface area (Å²) in [5, 5.41) is 13.4. The second-order valence-corrected chi connectivity index (χ2v) is 10.7. The van der Waals surface area contributed by atoms with E-state index in [9.17, 15) is 9.90 Å². The summed E-state index contributed by atoms with van der Waals surface area (Å²) in [7, 11) is 0. The normalized spacial score (nSPS) is 16.5. The Bertz CT molecular complexity index is 1270. The Morgan fingerprint density at radius 1 is 1.12 bits per heavy atom. The van der Waals surface area contributed by atoms with Crippen LogP contribution in [-0.4, -0.2) is 11.0 Å². The van der Waals surface area contributed by atoms with Crippen molar-refractivity contribution in [2.24, 2.45) is 5.41 Å². The van der Waals surface area contributed by atoms with E-state index in [1.165, 1.54) is 40.9 Å². The Balaban J connectivity index is 1.51. The monoisotopic (exact) mass is 457 g/mol. The summed E-state index contributed by atoms with van der Waals surface area (Å²) in [6, 6.07) is 14.4. The zero-order valence-corrected chi connectivity index (χ0v) is 20.6. The van der Waals surface area contributed by atoms with Gasteiger partial charge in [0.25, 0.3) is 5.91 Å². The van der Waals surface area contributed by atoms with Crippen molar-refractivity contribution >= 4 is 39.1 Å². The van der Waals surface area contributed by atoms with E-state index in [0.29, 0.717) is 11.3 Å². The van der Waals surface area contributed by atoms with Crippen molar-refractivity contribution < 1.29 is 9.90 Å². The van der Waals surface area contributed by atoms with Crippen LogP contribution in [0.4, 0.5) is 5.69 Å². The average molecular weight is 458 g/mol. The van der Waals surface area contributed by atoms with E-state index >= 15 is 0 Å². The largest absolute Gasteiger partial charge is 0.508 e. The Morgan fingerprint density at radius 3 is 2.61 bits per heavy atom. The van der Waals surface area contributed by atoms with Gasteiger partial charge in [0.2, 0.25) is 0 Å². The number of carbonyl (C=O) groups excluding carboxylic acids is 1. The zero-order valence-electron chi connectivity index (χ0n) is 19.7. The van der Waals surface area contributed by atoms with Gasteiger partial charge in [-0.1, -0.05) is 37.6 Å². The molecule has 1 aliphatic carbocycles. The summed E-state index contributed by atoms with van der Waals surface area (Å²) < 4.78 is 1.09. The number of fused-ring (bicyclic) bond motifs is 1. The fourth-order valence-corrected chi connectivity index (χ4v) is 5.63. The molecule has 0 radical (unpaired) electrons. The first-order chi connectivity index (χ1) is 15.7. The molecule has 0 atom stereocenters. The first-order valence-corrected chi connectivity index (χ1v) is 12.2. The van der Waals surface area contributed by atoms with Gasteiger partial charge in [-0.25, -0.2) is 0 Å². The smallest absolute Gasteiger partial charge is 0.255 e. The van der Waals surface area contributed by atoms with Gasteiger partial charge in [-0.05, 0) is 104 Å². The lowest BCUT2D eigenvalue weighted by Crippen LogP contribution is -2.19. The number of phenols is 1. The lowest BCUT2D eigenvalue weighted by Gasteiger charge is -2.32. The maximum Gasteiger partial charge on any atom is 0.255 e. The van der Waals surface area contributed by atoms with Crippen molar-refractivity contribution in [2.45, 2.75) is 47.0 Å². The Morgan fingerprint density at radius 2 is 1.88 bits per heavy atom. The van der Waals surface area contributed by atoms with E-state index in [2.05, 4.69) is 57.3 Å². The first kappa shape index (κ1) is 23.1. The number of allylic oxidation sites excluding steroid dienone is 5. The van der Waals surface area contributed by atoms with E-state index < -0.39 is 0 Å². The Labute approximate surface area is 200 Å². The summed E-state index contributed by atoms with van der Waals surface area (Å²) in [5.74, 6) is 0.0129. The molecule has 0 fully saturated rings. The minimum Gasteiger partial charge on any atom is -0.508 e. The van der Waals surface area contributed by atoms with Crippen LogP contribution in [0.25, 0.3) is 16.2 Å². The third-order valence-electron chi connectivity index (χ3n) is 6.35. The number of phenolic OH excluding ortho intramolecular Hbond substituents is 1. The summed E-state index contributed by atoms with van der Waals surface area (Å²) >= 11 is 1.69. The third-order valence-corrected chi connectivity index (χ3v) is 7.40. The summed E-state index contributed by atoms with van der Waals surface area (Å²) in [5.41, 5.74) is 5.72. The molecule has 0 unspecified atom stereocenters. The molecular weight excluding hydrogens is 426 g/mol. The summed E-state index contributed by atoms with van der Waals surface area (Å²) in [4.78, 5) is 13.8. The molecule has 1 amide bonds. The number of carbonyl (C=O) groups is 1. The fourth-order valence-electron chi connectivity index (χ4n) is 4.51. The van der Waals surface area contributed by atoms with Crippen LogP contribution in [0.2, 0.25) is 0 Å². The maximum absolute atomic E-state index is 12.6. The van der Waals surface area contributed by atoms with Crippen LogP contribution in [0.15, 0.2) is 77.4 Å². The van der Waals surface area contributed by atoms with Crippen molar-refractivity contribution in [3.8, 4) is 5.75 Å². The van der Waals surface area contributed by atoms with Crippen LogP contribution in [0.1, 0.15) is 62.2 Å². The first-order valence-electron chi connectivity index (χ1n) is 11.4. The van der Waals surface area contributed by atoms with Gasteiger partial charge in [-0.2, -0.15) is 0 Å². The molecule has 1 heterocycles. The minimum absolute atomic E-state index is 0.161. The SMILES string of the molecule is CC(C=CC1=C(C)CCCC1(C)C)=Cc1cc2ccc(C(=O)Nc3ccc(O)cc3)cc2s1. The zero-order chi connectivity index (χ0) is 23.6. The minimum atomic E-state index is -0.161. The van der Waals surface area contributed by atoms with E-state index in [-0.39, 0.29) is 17.1 Å². The van der Waals surface area contributed by atoms with Gasteiger partial charge < -0.3 is 10.4 Å². The fraction of sp³-hybridized carbons (Fsp3) is 0.276. The number of thiophene rings is 1. The highest BCUT2D eigenvalue weighted by molar-refractivity contribution is 7.19. The third kappa shape index (κ3) is 5.45. The van der Waals surface area contributed by atoms with Gasteiger partial charge in [0.05, 0.1) is 0 Å². The Hall–Kier alpha value is -3.11. The number of benzene rings is 2. The number of rotatable bonds is 5. The Kier molecular flexibility index (Phi) is 6.57. The van der Waals surface area contributed by atoms with Crippen LogP contribution in [0.3, 0.4) is 0 Å². The molecule has 33 heavy (non-hydrogen) atoms. The van der Waals surface area contributed by atoms with Gasteiger partial charge in [0.1, 0.15) is 5.75 Å². The maximum atomic E-state index is 12.6. The van der Waals surface area contributed by atoms with Crippen LogP contribution in [0, 0.1) is 5.41 Å². The standard InChI is InChI=1S/C29H31NO2S/c1-19(7-14-26-20(2)6-5-15-29(26,3)4)16-25-17-21-8-9-22(18-27(21)33-25)28(32)30-23-10-12-24(31)13-11-23/h7-14,16-18,31H,5-6,15H2,1-4H3,(H,30,32). The number of aromatic hydroxyl groups is 1. The molecule has 3 nitrogen and oxygen atoms in total. The van der Waals surface area contributed by atoms with E-state index in [1.807, 2.05) is 18.2 Å². The van der Waals surface area contributed by atoms with Crippen molar-refractivity contribution in [1.82, 2.24) is 0 Å². The lowest BCUT2D eigenvalue weighted by molar-refractivity contribution is 0.102. The predicted octanol–water partition coefficient (Wildman–Crippen LogP) is 8.35. The molecule has 2 aromatic carbocycles. The molecular formula is C29H31NO2S. The molecule has 0 saturated heterocycles. The van der Waals surface area contributed by atoms with Crippen molar-refractivity contribution in [3.05, 3.63) is 87.8 Å². The van der Waals surface area contributed by atoms with Crippen LogP contribution in [-0.2, 0) is 0 Å². The van der Waals surface area contributed by atoms with Crippen molar-refractivity contribution in [2.75, 3.05) is 5.32 Å². The molecule has 0 bridgehead atoms. The number of nitrogens with one attached hydrogen (secondary N) is 1. The van der Waals surface area contributed by atoms with Gasteiger partial charge in [0, 0.05) is 20.8 Å². The molecule has 1 aliphatic rings. The van der Waals surface area contributed by atoms with Crippen LogP contribution in [0.5, 0.6) is 5.75 Å². The number of hydrogen-bond donors (Lipinski definition) is 2. The topological polar surface area (TPSA) is 49.3 Å². The predicted molar refractivity (Wildman–Crippen MR) is 141 cm³/mol. The highest BCUT2D eigenvalue weighted by Crippen LogP contribution is 2.41. The highest BCUT2D eigenvalue weighted by atomic mass is 32.1. The molecule has 0 spiro atoms. The van der Waals surface area contributed by atoms with Gasteiger partial charge >= 0.3 is 0 Å². The molecule has 0 aliphatic heterocycles. The van der Waals surface area contributed by atoms with E-state index in [0.717, 1.165) is 10.1 Å². The van der Waals surface area contributed by atoms with E-state index in [1.54, 1.807) is 35.6 Å². The molecule has 0 saturated carbocycles. The average Bonchev–Trinajstić information content (AvgIpc) is 3.15. The van der Waals surface area contributed by atoms with Gasteiger partial charge in [0.15, 0.2) is 0 Å². The number of anilines is 1. The van der Waals surface area contributed by atoms with Gasteiger partial charge in [-0.3, -0.25) is 4.79 Å². The lowest BCUT2D eigenvalue weighted by atomic mass is 9.72. The van der Waals surface area contributed by atoms with Crippen molar-refractivity contribution in [3.63, 3.8) is 0 Å². The molecule has 4 heteroatoms. The summed E-state index contributed by atoms with van der Waals surface area (Å²) in [6.45, 7) is 9.09. The molecule has 4 rings (SSSR count). The van der Waals surface area contributed by atoms with Crippen molar-refractivity contribution in [1.29, 1.82) is 0 Å². The second-order valence-electron chi connectivity index (χ2n) is 9.56. The molecule has 1 aromatic heterocycles. The molecule has 170 valence electrons. The summed E-state index contributed by atoms with van der Waals surface area (Å²) in [6.07, 6.45) is 10.5. The van der Waals surface area contributed by atoms with E-state index in [4.69, 9.17) is 0 Å². The van der Waals surface area contributed by atoms with Gasteiger partial charge in [-0.15, -0.1) is 11.3 Å². The van der Waals surface area contributed by atoms with Crippen LogP contribution < -0.4 is 5.32 Å². The highest BCUT2D eigenvalue weighted by Gasteiger charge is 2.26. The van der Waals surface area contributed by atoms with Crippen LogP contribution >= 0.6 is 11.3 Å².